The molecule has 180 valence electrons. The fraction of sp³-hybridized carbons (Fsp3) is 0.261. The van der Waals surface area contributed by atoms with Crippen LogP contribution in [0.3, 0.4) is 0 Å². The Morgan fingerprint density at radius 3 is 1.85 bits per heavy atom. The molecule has 1 amide bonds. The number of amides is 1. The van der Waals surface area contributed by atoms with E-state index in [4.69, 9.17) is 27.4 Å². The number of hydrogen-bond acceptors (Lipinski definition) is 9. The van der Waals surface area contributed by atoms with E-state index < -0.39 is 30.9 Å². The van der Waals surface area contributed by atoms with Crippen LogP contribution < -0.4 is 15.2 Å². The molecule has 0 saturated carbocycles. The summed E-state index contributed by atoms with van der Waals surface area (Å²) in [6.07, 6.45) is 0. The van der Waals surface area contributed by atoms with Crippen LogP contribution in [0.1, 0.15) is 26.3 Å². The monoisotopic (exact) mass is 488 g/mol. The van der Waals surface area contributed by atoms with Gasteiger partial charge in [0.15, 0.2) is 30.5 Å². The second-order valence-electron chi connectivity index (χ2n) is 6.92. The van der Waals surface area contributed by atoms with E-state index in [2.05, 4.69) is 9.47 Å². The minimum atomic E-state index is -0.651. The number of benzene rings is 2. The number of rotatable bonds is 11. The third-order valence-corrected chi connectivity index (χ3v) is 4.79. The van der Waals surface area contributed by atoms with Crippen LogP contribution in [0.15, 0.2) is 42.5 Å². The van der Waals surface area contributed by atoms with E-state index in [1.807, 2.05) is 0 Å². The number of ketones is 1. The van der Waals surface area contributed by atoms with Gasteiger partial charge in [0.25, 0.3) is 5.91 Å². The lowest BCUT2D eigenvalue weighted by atomic mass is 10.1. The van der Waals surface area contributed by atoms with Gasteiger partial charge in [-0.25, -0.2) is 9.59 Å². The topological polar surface area (TPSA) is 134 Å². The number of esters is 2. The van der Waals surface area contributed by atoms with Gasteiger partial charge in [-0.05, 0) is 30.3 Å². The van der Waals surface area contributed by atoms with Crippen LogP contribution in [0.2, 0.25) is 0 Å². The van der Waals surface area contributed by atoms with Gasteiger partial charge < -0.3 is 29.6 Å². The molecule has 2 rings (SSSR count). The van der Waals surface area contributed by atoms with Crippen LogP contribution in [0, 0.1) is 0 Å². The summed E-state index contributed by atoms with van der Waals surface area (Å²) >= 11 is 4.90. The molecule has 0 atom stereocenters. The van der Waals surface area contributed by atoms with Crippen LogP contribution >= 0.6 is 12.2 Å². The smallest absolute Gasteiger partial charge is 0.343 e. The minimum Gasteiger partial charge on any atom is -0.478 e. The molecule has 2 aromatic carbocycles. The maximum atomic E-state index is 12.8. The Morgan fingerprint density at radius 1 is 0.824 bits per heavy atom. The first kappa shape index (κ1) is 26.3. The molecule has 0 spiro atoms. The molecule has 0 heterocycles. The van der Waals surface area contributed by atoms with Crippen LogP contribution in [0.5, 0.6) is 11.5 Å². The van der Waals surface area contributed by atoms with Gasteiger partial charge in [0.2, 0.25) is 0 Å². The van der Waals surface area contributed by atoms with Crippen LogP contribution in [-0.2, 0) is 19.1 Å². The third kappa shape index (κ3) is 7.27. The van der Waals surface area contributed by atoms with E-state index in [1.54, 1.807) is 24.3 Å². The molecule has 10 nitrogen and oxygen atoms in total. The van der Waals surface area contributed by atoms with Gasteiger partial charge in [0.05, 0.1) is 20.8 Å². The standard InChI is InChI=1S/C23H24N2O8S/c1-25(23(29)15-6-4-14(5-7-15)22(24)34)11-17(26)16-8-9-18(32-12-20(27)30-2)19(10-16)33-13-21(28)31-3/h4-10H,11-13H2,1-3H3,(H2,24,34). The Bertz CT molecular complexity index is 1080. The lowest BCUT2D eigenvalue weighted by Gasteiger charge is -2.17. The van der Waals surface area contributed by atoms with E-state index >= 15 is 0 Å². The predicted octanol–water partition coefficient (Wildman–Crippen LogP) is 1.38. The molecule has 0 aliphatic heterocycles. The number of Topliss-reactive ketones (excluding diaryl/α,β-unsaturated/α-hetero) is 1. The predicted molar refractivity (Wildman–Crippen MR) is 125 cm³/mol. The fourth-order valence-corrected chi connectivity index (χ4v) is 2.82. The normalized spacial score (nSPS) is 10.1. The summed E-state index contributed by atoms with van der Waals surface area (Å²) in [5.41, 5.74) is 6.75. The summed E-state index contributed by atoms with van der Waals surface area (Å²) in [6, 6.07) is 10.6. The highest BCUT2D eigenvalue weighted by Gasteiger charge is 2.19. The summed E-state index contributed by atoms with van der Waals surface area (Å²) in [5, 5.41) is 0. The number of ether oxygens (including phenoxy) is 4. The molecule has 0 aromatic heterocycles. The van der Waals surface area contributed by atoms with Crippen molar-refractivity contribution in [3.8, 4) is 11.5 Å². The molecule has 34 heavy (non-hydrogen) atoms. The van der Waals surface area contributed by atoms with Crippen molar-refractivity contribution < 1.29 is 38.1 Å². The highest BCUT2D eigenvalue weighted by molar-refractivity contribution is 7.80. The first-order chi connectivity index (χ1) is 16.2. The van der Waals surface area contributed by atoms with Crippen molar-refractivity contribution in [3.63, 3.8) is 0 Å². The lowest BCUT2D eigenvalue weighted by Crippen LogP contribution is -2.32. The Kier molecular flexibility index (Phi) is 9.50. The van der Waals surface area contributed by atoms with E-state index in [1.165, 1.54) is 44.4 Å². The molecule has 0 radical (unpaired) electrons. The van der Waals surface area contributed by atoms with Crippen molar-refractivity contribution in [3.05, 3.63) is 59.2 Å². The summed E-state index contributed by atoms with van der Waals surface area (Å²) in [4.78, 5) is 49.8. The van der Waals surface area contributed by atoms with Crippen LogP contribution in [0.4, 0.5) is 0 Å². The molecule has 0 saturated heterocycles. The molecule has 0 aliphatic rings. The van der Waals surface area contributed by atoms with Crippen molar-refractivity contribution >= 4 is 40.8 Å². The van der Waals surface area contributed by atoms with Crippen molar-refractivity contribution in [2.24, 2.45) is 5.73 Å². The highest BCUT2D eigenvalue weighted by Crippen LogP contribution is 2.29. The number of carbonyl (C=O) groups excluding carboxylic acids is 4. The van der Waals surface area contributed by atoms with Gasteiger partial charge >= 0.3 is 11.9 Å². The molecule has 11 heteroatoms. The number of methoxy groups -OCH3 is 2. The molecular weight excluding hydrogens is 464 g/mol. The SMILES string of the molecule is COC(=O)COc1ccc(C(=O)CN(C)C(=O)c2ccc(C(N)=S)cc2)cc1OCC(=O)OC. The lowest BCUT2D eigenvalue weighted by molar-refractivity contribution is -0.144. The van der Waals surface area contributed by atoms with Crippen molar-refractivity contribution in [1.29, 1.82) is 0 Å². The van der Waals surface area contributed by atoms with Crippen LogP contribution in [0.25, 0.3) is 0 Å². The van der Waals surface area contributed by atoms with Gasteiger partial charge in [-0.3, -0.25) is 9.59 Å². The molecule has 0 aliphatic carbocycles. The van der Waals surface area contributed by atoms with Crippen molar-refractivity contribution in [2.75, 3.05) is 41.0 Å². The van der Waals surface area contributed by atoms with Crippen molar-refractivity contribution in [2.45, 2.75) is 0 Å². The first-order valence-electron chi connectivity index (χ1n) is 9.88. The summed E-state index contributed by atoms with van der Waals surface area (Å²) in [7, 11) is 3.90. The van der Waals surface area contributed by atoms with E-state index in [0.29, 0.717) is 11.1 Å². The van der Waals surface area contributed by atoms with Gasteiger partial charge in [-0.1, -0.05) is 24.4 Å². The average Bonchev–Trinajstić information content (AvgIpc) is 2.85. The molecule has 0 unspecified atom stereocenters. The zero-order valence-electron chi connectivity index (χ0n) is 18.9. The number of carbonyl (C=O) groups is 4. The number of thiocarbonyl (C=S) groups is 1. The molecular formula is C23H24N2O8S. The first-order valence-corrected chi connectivity index (χ1v) is 10.3. The molecule has 2 aromatic rings. The highest BCUT2D eigenvalue weighted by atomic mass is 32.1. The minimum absolute atomic E-state index is 0.0440. The number of nitrogens with two attached hydrogens (primary N) is 1. The molecule has 0 bridgehead atoms. The number of hydrogen-bond donors (Lipinski definition) is 1. The van der Waals surface area contributed by atoms with E-state index in [-0.39, 0.29) is 34.5 Å². The zero-order chi connectivity index (χ0) is 25.3. The Morgan fingerprint density at radius 2 is 1.32 bits per heavy atom. The maximum absolute atomic E-state index is 12.8. The molecule has 2 N–H and O–H groups in total. The van der Waals surface area contributed by atoms with Gasteiger partial charge in [0, 0.05) is 23.7 Å². The van der Waals surface area contributed by atoms with E-state index in [0.717, 1.165) is 0 Å². The number of likely N-dealkylation sites (N-methyl/N-ethyl adjacent to an activating group) is 1. The average molecular weight is 489 g/mol. The van der Waals surface area contributed by atoms with Gasteiger partial charge in [0.1, 0.15) is 4.99 Å². The summed E-state index contributed by atoms with van der Waals surface area (Å²) < 4.78 is 19.8. The Hall–Kier alpha value is -3.99. The van der Waals surface area contributed by atoms with Gasteiger partial charge in [-0.2, -0.15) is 0 Å². The quantitative estimate of drug-likeness (QED) is 0.281. The zero-order valence-corrected chi connectivity index (χ0v) is 19.7. The van der Waals surface area contributed by atoms with Gasteiger partial charge in [-0.15, -0.1) is 0 Å². The fourth-order valence-electron chi connectivity index (χ4n) is 2.68. The second-order valence-corrected chi connectivity index (χ2v) is 7.36. The second kappa shape index (κ2) is 12.3. The molecule has 0 fully saturated rings. The van der Waals surface area contributed by atoms with E-state index in [9.17, 15) is 19.2 Å². The van der Waals surface area contributed by atoms with Crippen molar-refractivity contribution in [1.82, 2.24) is 4.90 Å². The third-order valence-electron chi connectivity index (χ3n) is 4.56. The summed E-state index contributed by atoms with van der Waals surface area (Å²) in [6.45, 7) is -1.07. The number of nitrogens with zero attached hydrogens (tertiary/aromatic N) is 1. The Balaban J connectivity index is 2.16. The largest absolute Gasteiger partial charge is 0.478 e. The summed E-state index contributed by atoms with van der Waals surface area (Å²) in [5.74, 6) is -1.88. The van der Waals surface area contributed by atoms with Crippen LogP contribution in [-0.4, -0.2) is 74.5 Å². The maximum Gasteiger partial charge on any atom is 0.343 e. The Labute approximate surface area is 201 Å².